The lowest BCUT2D eigenvalue weighted by Crippen LogP contribution is -2.13. The predicted octanol–water partition coefficient (Wildman–Crippen LogP) is 3.40. The van der Waals surface area contributed by atoms with E-state index in [0.717, 1.165) is 0 Å². The Morgan fingerprint density at radius 2 is 1.53 bits per heavy atom. The molecule has 15 heavy (non-hydrogen) atoms. The van der Waals surface area contributed by atoms with Gasteiger partial charge in [0.05, 0.1) is 5.60 Å². The number of hydrogen-bond acceptors (Lipinski definition) is 1. The molecular formula is C14H20O. The summed E-state index contributed by atoms with van der Waals surface area (Å²) in [7, 11) is 0. The van der Waals surface area contributed by atoms with Crippen LogP contribution in [0.15, 0.2) is 18.2 Å². The minimum Gasteiger partial charge on any atom is -0.386 e. The molecule has 1 rings (SSSR count). The van der Waals surface area contributed by atoms with Gasteiger partial charge in [-0.15, -0.1) is 0 Å². The lowest BCUT2D eigenvalue weighted by Gasteiger charge is -2.12. The van der Waals surface area contributed by atoms with E-state index in [4.69, 9.17) is 0 Å². The van der Waals surface area contributed by atoms with Gasteiger partial charge in [-0.2, -0.15) is 0 Å². The van der Waals surface area contributed by atoms with Crippen molar-refractivity contribution in [2.24, 2.45) is 0 Å². The van der Waals surface area contributed by atoms with Crippen LogP contribution in [0.3, 0.4) is 0 Å². The van der Waals surface area contributed by atoms with E-state index in [9.17, 15) is 5.11 Å². The normalized spacial score (nSPS) is 12.4. The molecule has 1 heteroatoms. The van der Waals surface area contributed by atoms with E-state index in [-0.39, 0.29) is 0 Å². The molecule has 0 saturated carbocycles. The molecular weight excluding hydrogens is 184 g/mol. The highest BCUT2D eigenvalue weighted by Crippen LogP contribution is 2.19. The molecule has 0 unspecified atom stereocenters. The summed E-state index contributed by atoms with van der Waals surface area (Å²) in [6.07, 6.45) is 3.84. The largest absolute Gasteiger partial charge is 0.386 e. The Morgan fingerprint density at radius 1 is 1.07 bits per heavy atom. The second-order valence-corrected chi connectivity index (χ2v) is 4.80. The van der Waals surface area contributed by atoms with Gasteiger partial charge in [-0.05, 0) is 51.3 Å². The summed E-state index contributed by atoms with van der Waals surface area (Å²) in [6.45, 7) is 9.86. The third-order valence-corrected chi connectivity index (χ3v) is 2.40. The Morgan fingerprint density at radius 3 is 1.93 bits per heavy atom. The Labute approximate surface area is 92.5 Å². The van der Waals surface area contributed by atoms with Gasteiger partial charge in [0.2, 0.25) is 0 Å². The van der Waals surface area contributed by atoms with Crippen LogP contribution in [0.2, 0.25) is 0 Å². The van der Waals surface area contributed by atoms with E-state index in [1.54, 1.807) is 13.8 Å². The molecule has 1 N–H and O–H groups in total. The standard InChI is InChI=1S/C14H20O/c1-10-8-11(2)13(12(3)9-10)6-7-14(4,5)15/h6-9,15H,1-5H3/b7-6+. The van der Waals surface area contributed by atoms with Gasteiger partial charge in [-0.1, -0.05) is 29.8 Å². The summed E-state index contributed by atoms with van der Waals surface area (Å²) < 4.78 is 0. The molecule has 0 radical (unpaired) electrons. The molecule has 82 valence electrons. The lowest BCUT2D eigenvalue weighted by molar-refractivity contribution is 0.134. The molecule has 0 saturated heterocycles. The first-order valence-corrected chi connectivity index (χ1v) is 5.29. The molecule has 0 aliphatic rings. The van der Waals surface area contributed by atoms with Gasteiger partial charge < -0.3 is 5.11 Å². The first-order chi connectivity index (χ1) is 6.79. The Hall–Kier alpha value is -1.08. The van der Waals surface area contributed by atoms with E-state index in [1.165, 1.54) is 22.3 Å². The third-order valence-electron chi connectivity index (χ3n) is 2.40. The maximum Gasteiger partial charge on any atom is 0.0774 e. The van der Waals surface area contributed by atoms with Crippen LogP contribution < -0.4 is 0 Å². The lowest BCUT2D eigenvalue weighted by atomic mass is 9.98. The van der Waals surface area contributed by atoms with Crippen molar-refractivity contribution in [1.82, 2.24) is 0 Å². The average molecular weight is 204 g/mol. The van der Waals surface area contributed by atoms with Gasteiger partial charge >= 0.3 is 0 Å². The molecule has 1 nitrogen and oxygen atoms in total. The second kappa shape index (κ2) is 4.19. The van der Waals surface area contributed by atoms with Crippen molar-refractivity contribution in [1.29, 1.82) is 0 Å². The number of aliphatic hydroxyl groups is 1. The number of rotatable bonds is 2. The van der Waals surface area contributed by atoms with Crippen molar-refractivity contribution in [3.63, 3.8) is 0 Å². The molecule has 0 bridgehead atoms. The van der Waals surface area contributed by atoms with E-state index < -0.39 is 5.60 Å². The SMILES string of the molecule is Cc1cc(C)c(/C=C/C(C)(C)O)c(C)c1. The summed E-state index contributed by atoms with van der Waals surface area (Å²) in [5.41, 5.74) is 4.26. The van der Waals surface area contributed by atoms with Crippen molar-refractivity contribution in [3.05, 3.63) is 40.5 Å². The first kappa shape index (κ1) is 12.0. The highest BCUT2D eigenvalue weighted by molar-refractivity contribution is 5.59. The number of benzene rings is 1. The Bertz CT molecular complexity index is 358. The predicted molar refractivity (Wildman–Crippen MR) is 66.0 cm³/mol. The summed E-state index contributed by atoms with van der Waals surface area (Å²) in [5, 5.41) is 9.63. The zero-order valence-electron chi connectivity index (χ0n) is 10.3. The fourth-order valence-electron chi connectivity index (χ4n) is 1.74. The molecule has 0 atom stereocenters. The molecule has 0 heterocycles. The van der Waals surface area contributed by atoms with E-state index in [2.05, 4.69) is 32.9 Å². The minimum atomic E-state index is -0.746. The quantitative estimate of drug-likeness (QED) is 0.783. The van der Waals surface area contributed by atoms with Gasteiger partial charge in [0.15, 0.2) is 0 Å². The van der Waals surface area contributed by atoms with Crippen LogP contribution in [0.5, 0.6) is 0 Å². The average Bonchev–Trinajstić information content (AvgIpc) is 1.99. The van der Waals surface area contributed by atoms with Crippen LogP contribution in [-0.4, -0.2) is 10.7 Å². The summed E-state index contributed by atoms with van der Waals surface area (Å²) >= 11 is 0. The minimum absolute atomic E-state index is 0.746. The van der Waals surface area contributed by atoms with Crippen LogP contribution in [0.25, 0.3) is 6.08 Å². The molecule has 0 spiro atoms. The first-order valence-electron chi connectivity index (χ1n) is 5.29. The van der Waals surface area contributed by atoms with Crippen molar-refractivity contribution in [2.75, 3.05) is 0 Å². The van der Waals surface area contributed by atoms with Crippen molar-refractivity contribution in [3.8, 4) is 0 Å². The van der Waals surface area contributed by atoms with Crippen LogP contribution in [0, 0.1) is 20.8 Å². The van der Waals surface area contributed by atoms with Crippen LogP contribution in [0.1, 0.15) is 36.1 Å². The van der Waals surface area contributed by atoms with Gasteiger partial charge in [-0.3, -0.25) is 0 Å². The molecule has 0 aliphatic heterocycles. The maximum atomic E-state index is 9.63. The van der Waals surface area contributed by atoms with Crippen LogP contribution >= 0.6 is 0 Å². The van der Waals surface area contributed by atoms with Crippen LogP contribution in [0.4, 0.5) is 0 Å². The topological polar surface area (TPSA) is 20.2 Å². The molecule has 0 aromatic heterocycles. The number of hydrogen-bond donors (Lipinski definition) is 1. The summed E-state index contributed by atoms with van der Waals surface area (Å²) in [4.78, 5) is 0. The molecule has 1 aromatic rings. The van der Waals surface area contributed by atoms with E-state index in [1.807, 2.05) is 12.2 Å². The third kappa shape index (κ3) is 3.52. The van der Waals surface area contributed by atoms with Gasteiger partial charge in [0, 0.05) is 0 Å². The zero-order valence-corrected chi connectivity index (χ0v) is 10.3. The smallest absolute Gasteiger partial charge is 0.0774 e. The van der Waals surface area contributed by atoms with E-state index >= 15 is 0 Å². The maximum absolute atomic E-state index is 9.63. The molecule has 1 aromatic carbocycles. The monoisotopic (exact) mass is 204 g/mol. The van der Waals surface area contributed by atoms with E-state index in [0.29, 0.717) is 0 Å². The van der Waals surface area contributed by atoms with Crippen LogP contribution in [-0.2, 0) is 0 Å². The Kier molecular flexibility index (Phi) is 3.35. The Balaban J connectivity index is 3.11. The molecule has 0 amide bonds. The molecule has 0 aliphatic carbocycles. The highest BCUT2D eigenvalue weighted by atomic mass is 16.3. The number of aryl methyl sites for hydroxylation is 3. The molecule has 0 fully saturated rings. The van der Waals surface area contributed by atoms with Gasteiger partial charge in [-0.25, -0.2) is 0 Å². The zero-order chi connectivity index (χ0) is 11.6. The summed E-state index contributed by atoms with van der Waals surface area (Å²) in [5.74, 6) is 0. The second-order valence-electron chi connectivity index (χ2n) is 4.80. The highest BCUT2D eigenvalue weighted by Gasteiger charge is 2.07. The fourth-order valence-corrected chi connectivity index (χ4v) is 1.74. The fraction of sp³-hybridized carbons (Fsp3) is 0.429. The van der Waals surface area contributed by atoms with Crippen molar-refractivity contribution >= 4 is 6.08 Å². The van der Waals surface area contributed by atoms with Gasteiger partial charge in [0.25, 0.3) is 0 Å². The van der Waals surface area contributed by atoms with Gasteiger partial charge in [0.1, 0.15) is 0 Å². The van der Waals surface area contributed by atoms with Crippen molar-refractivity contribution in [2.45, 2.75) is 40.2 Å². The summed E-state index contributed by atoms with van der Waals surface area (Å²) in [6, 6.07) is 4.33. The van der Waals surface area contributed by atoms with Crippen molar-refractivity contribution < 1.29 is 5.11 Å².